The van der Waals surface area contributed by atoms with Crippen LogP contribution >= 0.6 is 0 Å². The van der Waals surface area contributed by atoms with Gasteiger partial charge in [0.1, 0.15) is 5.69 Å². The molecule has 28 heavy (non-hydrogen) atoms. The van der Waals surface area contributed by atoms with Crippen LogP contribution in [0.5, 0.6) is 11.5 Å². The number of likely N-dealkylation sites (tertiary alicyclic amines) is 1. The van der Waals surface area contributed by atoms with Gasteiger partial charge in [0, 0.05) is 38.1 Å². The van der Waals surface area contributed by atoms with Gasteiger partial charge in [0.15, 0.2) is 11.5 Å². The molecule has 0 spiro atoms. The van der Waals surface area contributed by atoms with Crippen molar-refractivity contribution in [3.05, 3.63) is 47.3 Å². The quantitative estimate of drug-likeness (QED) is 0.813. The van der Waals surface area contributed by atoms with Gasteiger partial charge in [-0.05, 0) is 61.1 Å². The summed E-state index contributed by atoms with van der Waals surface area (Å²) in [5.74, 6) is 1.57. The van der Waals surface area contributed by atoms with E-state index >= 15 is 0 Å². The minimum Gasteiger partial charge on any atom is -0.493 e. The van der Waals surface area contributed by atoms with E-state index in [1.54, 1.807) is 20.4 Å². The van der Waals surface area contributed by atoms with Crippen LogP contribution in [-0.2, 0) is 13.0 Å². The Balaban J connectivity index is 1.55. The maximum Gasteiger partial charge on any atom is 0.272 e. The van der Waals surface area contributed by atoms with Crippen molar-refractivity contribution in [3.63, 3.8) is 0 Å². The van der Waals surface area contributed by atoms with E-state index in [-0.39, 0.29) is 5.91 Å². The summed E-state index contributed by atoms with van der Waals surface area (Å²) in [4.78, 5) is 21.4. The first-order valence-electron chi connectivity index (χ1n) is 9.93. The van der Waals surface area contributed by atoms with Crippen molar-refractivity contribution in [2.24, 2.45) is 0 Å². The molecule has 1 aromatic heterocycles. The molecule has 148 valence electrons. The summed E-state index contributed by atoms with van der Waals surface area (Å²) in [7, 11) is 3.32. The molecule has 4 rings (SSSR count). The van der Waals surface area contributed by atoms with Crippen molar-refractivity contribution in [2.75, 3.05) is 38.8 Å². The number of pyridine rings is 1. The number of aromatic nitrogens is 1. The molecule has 0 aliphatic carbocycles. The van der Waals surface area contributed by atoms with Crippen LogP contribution in [0.1, 0.15) is 40.9 Å². The second kappa shape index (κ2) is 8.09. The molecule has 1 amide bonds. The summed E-state index contributed by atoms with van der Waals surface area (Å²) < 4.78 is 10.9. The van der Waals surface area contributed by atoms with Gasteiger partial charge in [-0.25, -0.2) is 0 Å². The number of fused-ring (bicyclic) bond motifs is 1. The lowest BCUT2D eigenvalue weighted by molar-refractivity contribution is 0.0718. The molecular weight excluding hydrogens is 354 g/mol. The molecule has 2 aromatic rings. The number of nitrogens with zero attached hydrogens (tertiary/aromatic N) is 3. The third kappa shape index (κ3) is 3.63. The number of hydrogen-bond donors (Lipinski definition) is 0. The van der Waals surface area contributed by atoms with E-state index in [4.69, 9.17) is 9.47 Å². The van der Waals surface area contributed by atoms with Crippen LogP contribution < -0.4 is 14.4 Å². The molecule has 3 heterocycles. The van der Waals surface area contributed by atoms with Gasteiger partial charge in [-0.15, -0.1) is 0 Å². The predicted octanol–water partition coefficient (Wildman–Crippen LogP) is 3.29. The summed E-state index contributed by atoms with van der Waals surface area (Å²) in [5, 5.41) is 0. The highest BCUT2D eigenvalue weighted by Gasteiger charge is 2.23. The summed E-state index contributed by atoms with van der Waals surface area (Å²) in [6.45, 7) is 3.34. The number of hydrogen-bond acceptors (Lipinski definition) is 5. The molecule has 0 saturated carbocycles. The Morgan fingerprint density at radius 1 is 0.964 bits per heavy atom. The molecule has 2 aliphatic heterocycles. The minimum absolute atomic E-state index is 0.0466. The number of amides is 1. The highest BCUT2D eigenvalue weighted by molar-refractivity contribution is 5.93. The molecule has 0 radical (unpaired) electrons. The second-order valence-corrected chi connectivity index (χ2v) is 7.40. The number of benzene rings is 1. The van der Waals surface area contributed by atoms with Crippen molar-refractivity contribution in [1.82, 2.24) is 9.88 Å². The van der Waals surface area contributed by atoms with Crippen molar-refractivity contribution < 1.29 is 14.3 Å². The molecular formula is C22H27N3O3. The van der Waals surface area contributed by atoms with Crippen LogP contribution in [0.15, 0.2) is 30.5 Å². The van der Waals surface area contributed by atoms with Gasteiger partial charge < -0.3 is 19.3 Å². The maximum atomic E-state index is 12.8. The topological polar surface area (TPSA) is 54.9 Å². The molecule has 6 heteroatoms. The van der Waals surface area contributed by atoms with Gasteiger partial charge in [0.25, 0.3) is 5.91 Å². The first-order chi connectivity index (χ1) is 13.7. The summed E-state index contributed by atoms with van der Waals surface area (Å²) in [5.41, 5.74) is 4.09. The summed E-state index contributed by atoms with van der Waals surface area (Å²) in [6.07, 6.45) is 6.04. The number of methoxy groups -OCH3 is 2. The molecule has 1 aromatic carbocycles. The van der Waals surface area contributed by atoms with Crippen molar-refractivity contribution in [3.8, 4) is 11.5 Å². The fourth-order valence-corrected chi connectivity index (χ4v) is 4.10. The van der Waals surface area contributed by atoms with Gasteiger partial charge in [-0.1, -0.05) is 0 Å². The van der Waals surface area contributed by atoms with E-state index < -0.39 is 0 Å². The highest BCUT2D eigenvalue weighted by Crippen LogP contribution is 2.34. The Bertz CT molecular complexity index is 862. The van der Waals surface area contributed by atoms with Crippen LogP contribution in [0, 0.1) is 0 Å². The predicted molar refractivity (Wildman–Crippen MR) is 108 cm³/mol. The van der Waals surface area contributed by atoms with E-state index in [2.05, 4.69) is 22.0 Å². The molecule has 2 aliphatic rings. The molecule has 1 saturated heterocycles. The van der Waals surface area contributed by atoms with Crippen LogP contribution in [0.4, 0.5) is 5.69 Å². The molecule has 0 atom stereocenters. The van der Waals surface area contributed by atoms with Crippen LogP contribution in [0.3, 0.4) is 0 Å². The molecule has 0 N–H and O–H groups in total. The highest BCUT2D eigenvalue weighted by atomic mass is 16.5. The zero-order valence-corrected chi connectivity index (χ0v) is 16.6. The zero-order valence-electron chi connectivity index (χ0n) is 16.6. The number of rotatable bonds is 4. The first-order valence-corrected chi connectivity index (χ1v) is 9.93. The van der Waals surface area contributed by atoms with Gasteiger partial charge in [0.2, 0.25) is 0 Å². The standard InChI is InChI=1S/C22H27N3O3/c1-27-20-12-16-7-11-25(15-17(16)13-21(20)28-2)18-6-8-23-19(14-18)22(26)24-9-4-3-5-10-24/h6,8,12-14H,3-5,7,9-11,15H2,1-2H3. The minimum atomic E-state index is 0.0466. The lowest BCUT2D eigenvalue weighted by atomic mass is 9.98. The second-order valence-electron chi connectivity index (χ2n) is 7.40. The Morgan fingerprint density at radius 3 is 2.39 bits per heavy atom. The maximum absolute atomic E-state index is 12.8. The van der Waals surface area contributed by atoms with Crippen LogP contribution in [0.2, 0.25) is 0 Å². The first kappa shape index (κ1) is 18.6. The molecule has 6 nitrogen and oxygen atoms in total. The number of ether oxygens (including phenoxy) is 2. The van der Waals surface area contributed by atoms with Gasteiger partial charge in [0.05, 0.1) is 14.2 Å². The SMILES string of the molecule is COc1cc2c(cc1OC)CN(c1ccnc(C(=O)N3CCCCC3)c1)CC2. The zero-order chi connectivity index (χ0) is 19.5. The Labute approximate surface area is 166 Å². The normalized spacial score (nSPS) is 16.5. The Morgan fingerprint density at radius 2 is 1.68 bits per heavy atom. The van der Waals surface area contributed by atoms with Crippen molar-refractivity contribution >= 4 is 11.6 Å². The van der Waals surface area contributed by atoms with Crippen LogP contribution in [-0.4, -0.2) is 49.6 Å². The van der Waals surface area contributed by atoms with E-state index in [0.29, 0.717) is 5.69 Å². The average Bonchev–Trinajstić information content (AvgIpc) is 2.77. The summed E-state index contributed by atoms with van der Waals surface area (Å²) in [6, 6.07) is 8.05. The van der Waals surface area contributed by atoms with Gasteiger partial charge >= 0.3 is 0 Å². The van der Waals surface area contributed by atoms with Crippen molar-refractivity contribution in [1.29, 1.82) is 0 Å². The van der Waals surface area contributed by atoms with E-state index in [1.165, 1.54) is 17.5 Å². The Hall–Kier alpha value is -2.76. The fourth-order valence-electron chi connectivity index (χ4n) is 4.10. The molecule has 0 unspecified atom stereocenters. The average molecular weight is 381 g/mol. The number of carbonyl (C=O) groups is 1. The molecule has 0 bridgehead atoms. The van der Waals surface area contributed by atoms with Gasteiger partial charge in [-0.3, -0.25) is 9.78 Å². The third-order valence-electron chi connectivity index (χ3n) is 5.69. The van der Waals surface area contributed by atoms with E-state index in [9.17, 15) is 4.79 Å². The van der Waals surface area contributed by atoms with E-state index in [0.717, 1.165) is 62.6 Å². The van der Waals surface area contributed by atoms with Gasteiger partial charge in [-0.2, -0.15) is 0 Å². The lowest BCUT2D eigenvalue weighted by Gasteiger charge is -2.32. The van der Waals surface area contributed by atoms with Crippen LogP contribution in [0.25, 0.3) is 0 Å². The largest absolute Gasteiger partial charge is 0.493 e. The number of anilines is 1. The number of carbonyl (C=O) groups excluding carboxylic acids is 1. The molecule has 1 fully saturated rings. The fraction of sp³-hybridized carbons (Fsp3) is 0.455. The Kier molecular flexibility index (Phi) is 5.37. The lowest BCUT2D eigenvalue weighted by Crippen LogP contribution is -2.36. The van der Waals surface area contributed by atoms with E-state index in [1.807, 2.05) is 17.0 Å². The van der Waals surface area contributed by atoms with Crippen molar-refractivity contribution in [2.45, 2.75) is 32.2 Å². The smallest absolute Gasteiger partial charge is 0.272 e. The third-order valence-corrected chi connectivity index (χ3v) is 5.69. The summed E-state index contributed by atoms with van der Waals surface area (Å²) >= 11 is 0. The monoisotopic (exact) mass is 381 g/mol. The number of piperidine rings is 1.